The fourth-order valence-corrected chi connectivity index (χ4v) is 4.58. The second kappa shape index (κ2) is 7.15. The molecule has 1 aliphatic rings. The lowest BCUT2D eigenvalue weighted by Crippen LogP contribution is -2.48. The van der Waals surface area contributed by atoms with Crippen LogP contribution in [0.5, 0.6) is 0 Å². The summed E-state index contributed by atoms with van der Waals surface area (Å²) >= 11 is 17.3. The Kier molecular flexibility index (Phi) is 5.38. The molecule has 3 heterocycles. The molecule has 0 aliphatic carbocycles. The number of aromatic nitrogens is 1. The van der Waals surface area contributed by atoms with Crippen LogP contribution < -0.4 is 0 Å². The van der Waals surface area contributed by atoms with Gasteiger partial charge in [-0.05, 0) is 34.1 Å². The van der Waals surface area contributed by atoms with Crippen molar-refractivity contribution >= 4 is 56.4 Å². The Labute approximate surface area is 157 Å². The molecule has 124 valence electrons. The number of carbonyl (C=O) groups is 1. The summed E-state index contributed by atoms with van der Waals surface area (Å²) in [5.74, 6) is -0.0141. The number of amides is 1. The van der Waals surface area contributed by atoms with E-state index in [0.717, 1.165) is 23.4 Å². The third-order valence-electron chi connectivity index (χ3n) is 4.00. The maximum atomic E-state index is 12.6. The number of halogens is 3. The summed E-state index contributed by atoms with van der Waals surface area (Å²) in [6.45, 7) is 4.10. The highest BCUT2D eigenvalue weighted by Crippen LogP contribution is 2.27. The molecule has 1 amide bonds. The quantitative estimate of drug-likeness (QED) is 0.724. The van der Waals surface area contributed by atoms with Crippen molar-refractivity contribution < 1.29 is 4.79 Å². The van der Waals surface area contributed by atoms with Crippen LogP contribution in [-0.2, 0) is 13.6 Å². The fraction of sp³-hybridized carbons (Fsp3) is 0.400. The van der Waals surface area contributed by atoms with Crippen LogP contribution in [0.1, 0.15) is 15.4 Å². The maximum absolute atomic E-state index is 12.6. The van der Waals surface area contributed by atoms with E-state index in [2.05, 4.69) is 33.0 Å². The molecule has 0 N–H and O–H groups in total. The molecule has 0 bridgehead atoms. The van der Waals surface area contributed by atoms with Crippen molar-refractivity contribution in [3.8, 4) is 0 Å². The lowest BCUT2D eigenvalue weighted by Gasteiger charge is -2.34. The SMILES string of the molecule is Cn1c(C(=O)N2CCN(Cc3ccc(Br)s3)CC2)cc(Cl)c1Cl. The van der Waals surface area contributed by atoms with E-state index in [1.807, 2.05) is 4.90 Å². The molecule has 0 aromatic carbocycles. The number of nitrogens with zero attached hydrogens (tertiary/aromatic N) is 3. The average Bonchev–Trinajstić information content (AvgIpc) is 3.06. The zero-order valence-corrected chi connectivity index (χ0v) is 16.5. The van der Waals surface area contributed by atoms with Crippen LogP contribution >= 0.6 is 50.5 Å². The Morgan fingerprint density at radius 2 is 1.96 bits per heavy atom. The molecule has 1 fully saturated rings. The molecule has 23 heavy (non-hydrogen) atoms. The van der Waals surface area contributed by atoms with Crippen molar-refractivity contribution in [1.29, 1.82) is 0 Å². The topological polar surface area (TPSA) is 28.5 Å². The summed E-state index contributed by atoms with van der Waals surface area (Å²) in [7, 11) is 1.76. The average molecular weight is 437 g/mol. The van der Waals surface area contributed by atoms with Crippen molar-refractivity contribution in [3.63, 3.8) is 0 Å². The molecule has 0 radical (unpaired) electrons. The van der Waals surface area contributed by atoms with E-state index in [9.17, 15) is 4.79 Å². The van der Waals surface area contributed by atoms with Gasteiger partial charge >= 0.3 is 0 Å². The number of carbonyl (C=O) groups excluding carboxylic acids is 1. The van der Waals surface area contributed by atoms with E-state index in [0.29, 0.717) is 29.0 Å². The molecular weight excluding hydrogens is 421 g/mol. The van der Waals surface area contributed by atoms with Gasteiger partial charge in [0.15, 0.2) is 0 Å². The molecule has 3 rings (SSSR count). The van der Waals surface area contributed by atoms with Crippen molar-refractivity contribution in [3.05, 3.63) is 42.7 Å². The number of hydrogen-bond donors (Lipinski definition) is 0. The van der Waals surface area contributed by atoms with Crippen molar-refractivity contribution in [2.24, 2.45) is 7.05 Å². The van der Waals surface area contributed by atoms with E-state index in [1.165, 1.54) is 4.88 Å². The second-order valence-corrected chi connectivity index (χ2v) is 8.81. The minimum absolute atomic E-state index is 0.0141. The highest BCUT2D eigenvalue weighted by Gasteiger charge is 2.25. The third-order valence-corrected chi connectivity index (χ3v) is 6.45. The van der Waals surface area contributed by atoms with Crippen LogP contribution in [0.3, 0.4) is 0 Å². The highest BCUT2D eigenvalue weighted by molar-refractivity contribution is 9.11. The molecule has 8 heteroatoms. The molecule has 1 aliphatic heterocycles. The molecule has 0 spiro atoms. The molecule has 1 saturated heterocycles. The number of piperazine rings is 1. The van der Waals surface area contributed by atoms with Gasteiger partial charge in [-0.25, -0.2) is 0 Å². The van der Waals surface area contributed by atoms with Crippen LogP contribution in [0.15, 0.2) is 22.0 Å². The molecule has 4 nitrogen and oxygen atoms in total. The van der Waals surface area contributed by atoms with Crippen LogP contribution in [0.25, 0.3) is 0 Å². The summed E-state index contributed by atoms with van der Waals surface area (Å²) in [5, 5.41) is 0.816. The van der Waals surface area contributed by atoms with Crippen LogP contribution in [0.2, 0.25) is 10.2 Å². The Bertz CT molecular complexity index is 722. The fourth-order valence-electron chi connectivity index (χ4n) is 2.68. The normalized spacial score (nSPS) is 16.1. The lowest BCUT2D eigenvalue weighted by atomic mass is 10.2. The molecule has 2 aromatic rings. The zero-order chi connectivity index (χ0) is 16.6. The van der Waals surface area contributed by atoms with E-state index in [1.54, 1.807) is 29.0 Å². The number of hydrogen-bond acceptors (Lipinski definition) is 3. The van der Waals surface area contributed by atoms with E-state index < -0.39 is 0 Å². The zero-order valence-electron chi connectivity index (χ0n) is 12.6. The summed E-state index contributed by atoms with van der Waals surface area (Å²) in [6, 6.07) is 5.85. The minimum Gasteiger partial charge on any atom is -0.335 e. The first kappa shape index (κ1) is 17.3. The van der Waals surface area contributed by atoms with Gasteiger partial charge in [0.1, 0.15) is 10.8 Å². The third kappa shape index (κ3) is 3.77. The van der Waals surface area contributed by atoms with Gasteiger partial charge in [0.25, 0.3) is 5.91 Å². The molecule has 2 aromatic heterocycles. The first-order valence-corrected chi connectivity index (χ1v) is 9.59. The monoisotopic (exact) mass is 435 g/mol. The van der Waals surface area contributed by atoms with Gasteiger partial charge in [-0.15, -0.1) is 11.3 Å². The highest BCUT2D eigenvalue weighted by atomic mass is 79.9. The summed E-state index contributed by atoms with van der Waals surface area (Å²) in [4.78, 5) is 18.2. The smallest absolute Gasteiger partial charge is 0.270 e. The number of thiophene rings is 1. The van der Waals surface area contributed by atoms with Crippen LogP contribution in [-0.4, -0.2) is 46.5 Å². The standard InChI is InChI=1S/C15H16BrCl2N3OS/c1-19-12(8-11(17)14(19)18)15(22)21-6-4-20(5-7-21)9-10-2-3-13(16)23-10/h2-3,8H,4-7,9H2,1H3. The van der Waals surface area contributed by atoms with E-state index >= 15 is 0 Å². The Morgan fingerprint density at radius 1 is 1.26 bits per heavy atom. The van der Waals surface area contributed by atoms with Gasteiger partial charge in [0.05, 0.1) is 8.81 Å². The molecule has 0 atom stereocenters. The Balaban J connectivity index is 1.60. The van der Waals surface area contributed by atoms with Gasteiger partial charge in [-0.1, -0.05) is 23.2 Å². The summed E-state index contributed by atoms with van der Waals surface area (Å²) in [5.41, 5.74) is 0.538. The van der Waals surface area contributed by atoms with Gasteiger partial charge in [0, 0.05) is 44.6 Å². The summed E-state index contributed by atoms with van der Waals surface area (Å²) in [6.07, 6.45) is 0. The molecular formula is C15H16BrCl2N3OS. The lowest BCUT2D eigenvalue weighted by molar-refractivity contribution is 0.0620. The first-order valence-electron chi connectivity index (χ1n) is 7.22. The van der Waals surface area contributed by atoms with Gasteiger partial charge in [0.2, 0.25) is 0 Å². The predicted molar refractivity (Wildman–Crippen MR) is 98.6 cm³/mol. The Morgan fingerprint density at radius 3 is 2.48 bits per heavy atom. The maximum Gasteiger partial charge on any atom is 0.270 e. The predicted octanol–water partition coefficient (Wildman–Crippen LogP) is 4.11. The van der Waals surface area contributed by atoms with Crippen LogP contribution in [0, 0.1) is 0 Å². The molecule has 0 unspecified atom stereocenters. The van der Waals surface area contributed by atoms with E-state index in [4.69, 9.17) is 23.2 Å². The van der Waals surface area contributed by atoms with Gasteiger partial charge in [-0.2, -0.15) is 0 Å². The van der Waals surface area contributed by atoms with Crippen molar-refractivity contribution in [2.45, 2.75) is 6.54 Å². The van der Waals surface area contributed by atoms with Gasteiger partial charge < -0.3 is 9.47 Å². The van der Waals surface area contributed by atoms with Crippen molar-refractivity contribution in [1.82, 2.24) is 14.4 Å². The van der Waals surface area contributed by atoms with Crippen molar-refractivity contribution in [2.75, 3.05) is 26.2 Å². The van der Waals surface area contributed by atoms with Gasteiger partial charge in [-0.3, -0.25) is 9.69 Å². The van der Waals surface area contributed by atoms with E-state index in [-0.39, 0.29) is 5.91 Å². The Hall–Kier alpha value is -0.530. The molecule has 0 saturated carbocycles. The number of rotatable bonds is 3. The largest absolute Gasteiger partial charge is 0.335 e. The van der Waals surface area contributed by atoms with Crippen LogP contribution in [0.4, 0.5) is 0 Å². The first-order chi connectivity index (χ1) is 11.0. The minimum atomic E-state index is -0.0141. The second-order valence-electron chi connectivity index (χ2n) is 5.50. The summed E-state index contributed by atoms with van der Waals surface area (Å²) < 4.78 is 2.79.